The van der Waals surface area contributed by atoms with Gasteiger partial charge in [0, 0.05) is 28.4 Å². The lowest BCUT2D eigenvalue weighted by atomic mass is 9.98. The van der Waals surface area contributed by atoms with Crippen molar-refractivity contribution in [3.8, 4) is 0 Å². The minimum Gasteiger partial charge on any atom is -0.376 e. The Hall–Kier alpha value is -1.02. The fourth-order valence-electron chi connectivity index (χ4n) is 2.87. The molecule has 0 aliphatic carbocycles. The van der Waals surface area contributed by atoms with Gasteiger partial charge in [0.15, 0.2) is 6.29 Å². The first-order chi connectivity index (χ1) is 11.2. The van der Waals surface area contributed by atoms with E-state index < -0.39 is 6.29 Å². The lowest BCUT2D eigenvalue weighted by molar-refractivity contribution is -0.308. The van der Waals surface area contributed by atoms with E-state index in [1.165, 1.54) is 0 Å². The Bertz CT molecular complexity index is 440. The summed E-state index contributed by atoms with van der Waals surface area (Å²) in [4.78, 5) is 0. The molecular formula is C17H26O6. The van der Waals surface area contributed by atoms with Crippen molar-refractivity contribution < 1.29 is 28.4 Å². The van der Waals surface area contributed by atoms with Crippen LogP contribution in [0.5, 0.6) is 0 Å². The minimum absolute atomic E-state index is 0.297. The van der Waals surface area contributed by atoms with Crippen LogP contribution in [-0.4, -0.2) is 65.8 Å². The van der Waals surface area contributed by atoms with Gasteiger partial charge in [0.25, 0.3) is 0 Å². The molecule has 1 saturated heterocycles. The van der Waals surface area contributed by atoms with Gasteiger partial charge < -0.3 is 28.4 Å². The second kappa shape index (κ2) is 9.32. The van der Waals surface area contributed by atoms with E-state index in [0.717, 1.165) is 5.56 Å². The standard InChI is InChI=1S/C17H26O6/c1-18-14-13(11-22-10-12-8-6-5-7-9-12)23-17(21-4)16(20-3)15(14)19-2/h5-9,13-17H,10-11H2,1-4H3/t13-,14-,15+,16-,17+/m1/s1. The predicted molar refractivity (Wildman–Crippen MR) is 84.2 cm³/mol. The lowest BCUT2D eigenvalue weighted by Gasteiger charge is -2.44. The zero-order valence-corrected chi connectivity index (χ0v) is 14.1. The van der Waals surface area contributed by atoms with E-state index in [-0.39, 0.29) is 24.4 Å². The molecular weight excluding hydrogens is 300 g/mol. The summed E-state index contributed by atoms with van der Waals surface area (Å²) in [6.07, 6.45) is -1.78. The van der Waals surface area contributed by atoms with Crippen LogP contribution in [0, 0.1) is 0 Å². The summed E-state index contributed by atoms with van der Waals surface area (Å²) in [6, 6.07) is 9.99. The molecule has 1 aliphatic rings. The molecule has 0 amide bonds. The van der Waals surface area contributed by atoms with E-state index in [1.54, 1.807) is 28.4 Å². The smallest absolute Gasteiger partial charge is 0.186 e. The molecule has 6 nitrogen and oxygen atoms in total. The van der Waals surface area contributed by atoms with Gasteiger partial charge in [-0.25, -0.2) is 0 Å². The minimum atomic E-state index is -0.526. The molecule has 2 rings (SSSR count). The quantitative estimate of drug-likeness (QED) is 0.724. The third-order valence-electron chi connectivity index (χ3n) is 4.03. The molecule has 0 N–H and O–H groups in total. The summed E-state index contributed by atoms with van der Waals surface area (Å²) in [5.41, 5.74) is 1.11. The Morgan fingerprint density at radius 2 is 1.48 bits per heavy atom. The molecule has 5 atom stereocenters. The van der Waals surface area contributed by atoms with Crippen molar-refractivity contribution in [2.24, 2.45) is 0 Å². The zero-order valence-electron chi connectivity index (χ0n) is 14.1. The molecule has 23 heavy (non-hydrogen) atoms. The van der Waals surface area contributed by atoms with Crippen LogP contribution < -0.4 is 0 Å². The Morgan fingerprint density at radius 1 is 0.826 bits per heavy atom. The first-order valence-corrected chi connectivity index (χ1v) is 7.63. The van der Waals surface area contributed by atoms with Crippen molar-refractivity contribution in [1.29, 1.82) is 0 Å². The number of benzene rings is 1. The van der Waals surface area contributed by atoms with Crippen LogP contribution in [0.1, 0.15) is 5.56 Å². The van der Waals surface area contributed by atoms with Crippen LogP contribution in [0.2, 0.25) is 0 Å². The van der Waals surface area contributed by atoms with Gasteiger partial charge >= 0.3 is 0 Å². The molecule has 130 valence electrons. The van der Waals surface area contributed by atoms with Crippen molar-refractivity contribution in [3.05, 3.63) is 35.9 Å². The molecule has 0 bridgehead atoms. The molecule has 6 heteroatoms. The van der Waals surface area contributed by atoms with Crippen molar-refractivity contribution >= 4 is 0 Å². The summed E-state index contributed by atoms with van der Waals surface area (Å²) < 4.78 is 33.7. The fourth-order valence-corrected chi connectivity index (χ4v) is 2.87. The summed E-state index contributed by atoms with van der Waals surface area (Å²) in [5, 5.41) is 0. The second-order valence-electron chi connectivity index (χ2n) is 5.38. The number of rotatable bonds is 8. The van der Waals surface area contributed by atoms with Gasteiger partial charge in [-0.05, 0) is 5.56 Å². The second-order valence-corrected chi connectivity index (χ2v) is 5.38. The van der Waals surface area contributed by atoms with Crippen LogP contribution >= 0.6 is 0 Å². The summed E-state index contributed by atoms with van der Waals surface area (Å²) in [6.45, 7) is 0.893. The van der Waals surface area contributed by atoms with Gasteiger partial charge in [0.1, 0.15) is 24.4 Å². The molecule has 1 fully saturated rings. The largest absolute Gasteiger partial charge is 0.376 e. The Labute approximate surface area is 137 Å². The van der Waals surface area contributed by atoms with Crippen molar-refractivity contribution in [2.45, 2.75) is 37.3 Å². The van der Waals surface area contributed by atoms with Gasteiger partial charge in [-0.3, -0.25) is 0 Å². The van der Waals surface area contributed by atoms with E-state index in [2.05, 4.69) is 0 Å². The Balaban J connectivity index is 1.98. The summed E-state index contributed by atoms with van der Waals surface area (Å²) >= 11 is 0. The first-order valence-electron chi connectivity index (χ1n) is 7.63. The third kappa shape index (κ3) is 4.50. The number of hydrogen-bond acceptors (Lipinski definition) is 6. The number of ether oxygens (including phenoxy) is 6. The molecule has 1 aromatic carbocycles. The van der Waals surface area contributed by atoms with Crippen LogP contribution in [0.3, 0.4) is 0 Å². The maximum atomic E-state index is 5.94. The summed E-state index contributed by atoms with van der Waals surface area (Å²) in [5.74, 6) is 0. The SMILES string of the molecule is CO[C@H]1O[C@H](COCc2ccccc2)[C@@H](OC)[C@H](OC)[C@H]1OC. The number of methoxy groups -OCH3 is 4. The van der Waals surface area contributed by atoms with Gasteiger partial charge in [-0.15, -0.1) is 0 Å². The maximum absolute atomic E-state index is 5.94. The molecule has 1 aliphatic heterocycles. The topological polar surface area (TPSA) is 55.4 Å². The van der Waals surface area contributed by atoms with Crippen molar-refractivity contribution in [2.75, 3.05) is 35.0 Å². The highest BCUT2D eigenvalue weighted by atomic mass is 16.7. The average Bonchev–Trinajstić information content (AvgIpc) is 2.61. The molecule has 1 aromatic rings. The fraction of sp³-hybridized carbons (Fsp3) is 0.647. The van der Waals surface area contributed by atoms with E-state index in [4.69, 9.17) is 28.4 Å². The summed E-state index contributed by atoms with van der Waals surface area (Å²) in [7, 11) is 6.44. The van der Waals surface area contributed by atoms with Crippen molar-refractivity contribution in [3.63, 3.8) is 0 Å². The van der Waals surface area contributed by atoms with Gasteiger partial charge in [-0.2, -0.15) is 0 Å². The van der Waals surface area contributed by atoms with E-state index >= 15 is 0 Å². The van der Waals surface area contributed by atoms with Crippen LogP contribution in [0.4, 0.5) is 0 Å². The lowest BCUT2D eigenvalue weighted by Crippen LogP contribution is -2.61. The molecule has 0 radical (unpaired) electrons. The monoisotopic (exact) mass is 326 g/mol. The molecule has 0 aromatic heterocycles. The van der Waals surface area contributed by atoms with Gasteiger partial charge in [0.05, 0.1) is 13.2 Å². The molecule has 0 saturated carbocycles. The first kappa shape index (κ1) is 18.3. The molecule has 0 spiro atoms. The van der Waals surface area contributed by atoms with Crippen LogP contribution in [0.25, 0.3) is 0 Å². The van der Waals surface area contributed by atoms with Gasteiger partial charge in [-0.1, -0.05) is 30.3 Å². The van der Waals surface area contributed by atoms with E-state index in [1.807, 2.05) is 30.3 Å². The highest BCUT2D eigenvalue weighted by Crippen LogP contribution is 2.27. The predicted octanol–water partition coefficient (Wildman–Crippen LogP) is 1.62. The Kier molecular flexibility index (Phi) is 7.42. The maximum Gasteiger partial charge on any atom is 0.186 e. The highest BCUT2D eigenvalue weighted by molar-refractivity contribution is 5.13. The average molecular weight is 326 g/mol. The van der Waals surface area contributed by atoms with E-state index in [0.29, 0.717) is 13.2 Å². The van der Waals surface area contributed by atoms with Crippen LogP contribution in [0.15, 0.2) is 30.3 Å². The molecule has 1 heterocycles. The van der Waals surface area contributed by atoms with Gasteiger partial charge in [0.2, 0.25) is 0 Å². The van der Waals surface area contributed by atoms with E-state index in [9.17, 15) is 0 Å². The third-order valence-corrected chi connectivity index (χ3v) is 4.03. The normalized spacial score (nSPS) is 31.2. The Morgan fingerprint density at radius 3 is 2.04 bits per heavy atom. The number of hydrogen-bond donors (Lipinski definition) is 0. The van der Waals surface area contributed by atoms with Crippen LogP contribution in [-0.2, 0) is 35.0 Å². The molecule has 0 unspecified atom stereocenters. The highest BCUT2D eigenvalue weighted by Gasteiger charge is 2.47. The zero-order chi connectivity index (χ0) is 16.7. The van der Waals surface area contributed by atoms with Crippen molar-refractivity contribution in [1.82, 2.24) is 0 Å².